The molecule has 0 atom stereocenters. The van der Waals surface area contributed by atoms with Crippen LogP contribution in [0.2, 0.25) is 0 Å². The molecular formula is C14H14FNS. The molecule has 0 saturated heterocycles. The number of halogens is 1. The van der Waals surface area contributed by atoms with Gasteiger partial charge in [0, 0.05) is 16.3 Å². The Morgan fingerprint density at radius 2 is 1.82 bits per heavy atom. The molecule has 2 rings (SSSR count). The Bertz CT molecular complexity index is 508. The second-order valence-corrected chi connectivity index (χ2v) is 4.98. The van der Waals surface area contributed by atoms with Gasteiger partial charge in [-0.2, -0.15) is 0 Å². The van der Waals surface area contributed by atoms with Crippen LogP contribution in [-0.4, -0.2) is 0 Å². The van der Waals surface area contributed by atoms with E-state index in [-0.39, 0.29) is 5.82 Å². The highest BCUT2D eigenvalue weighted by molar-refractivity contribution is 7.99. The van der Waals surface area contributed by atoms with Gasteiger partial charge in [-0.3, -0.25) is 0 Å². The Morgan fingerprint density at radius 3 is 2.41 bits per heavy atom. The summed E-state index contributed by atoms with van der Waals surface area (Å²) in [4.78, 5) is 2.21. The van der Waals surface area contributed by atoms with Crippen LogP contribution < -0.4 is 5.73 Å². The van der Waals surface area contributed by atoms with Crippen molar-refractivity contribution in [2.24, 2.45) is 5.73 Å². The molecule has 1 nitrogen and oxygen atoms in total. The van der Waals surface area contributed by atoms with Gasteiger partial charge in [-0.1, -0.05) is 23.9 Å². The molecule has 2 aromatic rings. The quantitative estimate of drug-likeness (QED) is 0.894. The van der Waals surface area contributed by atoms with E-state index in [1.54, 1.807) is 23.9 Å². The van der Waals surface area contributed by atoms with Crippen molar-refractivity contribution in [1.82, 2.24) is 0 Å². The van der Waals surface area contributed by atoms with E-state index in [0.29, 0.717) is 6.54 Å². The highest BCUT2D eigenvalue weighted by atomic mass is 32.2. The lowest BCUT2D eigenvalue weighted by Gasteiger charge is -2.07. The lowest BCUT2D eigenvalue weighted by atomic mass is 10.1. The summed E-state index contributed by atoms with van der Waals surface area (Å²) in [6.45, 7) is 2.62. The van der Waals surface area contributed by atoms with Crippen LogP contribution >= 0.6 is 11.8 Å². The molecule has 0 spiro atoms. The lowest BCUT2D eigenvalue weighted by Crippen LogP contribution is -1.96. The standard InChI is InChI=1S/C14H14FNS/c1-10-8-11(9-16)2-7-14(10)17-13-5-3-12(15)4-6-13/h2-8H,9,16H2,1H3. The highest BCUT2D eigenvalue weighted by Gasteiger charge is 2.02. The first-order chi connectivity index (χ1) is 8.19. The first kappa shape index (κ1) is 12.1. The molecule has 0 aromatic heterocycles. The fraction of sp³-hybridized carbons (Fsp3) is 0.143. The second kappa shape index (κ2) is 5.34. The number of nitrogens with two attached hydrogens (primary N) is 1. The van der Waals surface area contributed by atoms with E-state index in [1.165, 1.54) is 22.6 Å². The fourth-order valence-corrected chi connectivity index (χ4v) is 2.46. The first-order valence-corrected chi connectivity index (χ1v) is 6.23. The van der Waals surface area contributed by atoms with Crippen LogP contribution in [0, 0.1) is 12.7 Å². The van der Waals surface area contributed by atoms with Crippen LogP contribution in [0.15, 0.2) is 52.3 Å². The number of aryl methyl sites for hydroxylation is 1. The zero-order chi connectivity index (χ0) is 12.3. The van der Waals surface area contributed by atoms with E-state index >= 15 is 0 Å². The molecule has 0 saturated carbocycles. The van der Waals surface area contributed by atoms with Gasteiger partial charge in [0.05, 0.1) is 0 Å². The summed E-state index contributed by atoms with van der Waals surface area (Å²) in [6, 6.07) is 12.7. The zero-order valence-electron chi connectivity index (χ0n) is 9.61. The zero-order valence-corrected chi connectivity index (χ0v) is 10.4. The van der Waals surface area contributed by atoms with Crippen LogP contribution in [0.3, 0.4) is 0 Å². The molecule has 0 aliphatic rings. The molecule has 2 aromatic carbocycles. The van der Waals surface area contributed by atoms with Crippen molar-refractivity contribution >= 4 is 11.8 Å². The normalized spacial score (nSPS) is 10.5. The third-order valence-corrected chi connectivity index (χ3v) is 3.70. The average molecular weight is 247 g/mol. The molecule has 0 aliphatic heterocycles. The van der Waals surface area contributed by atoms with E-state index < -0.39 is 0 Å². The maximum absolute atomic E-state index is 12.8. The molecular weight excluding hydrogens is 233 g/mol. The molecule has 0 unspecified atom stereocenters. The SMILES string of the molecule is Cc1cc(CN)ccc1Sc1ccc(F)cc1. The highest BCUT2D eigenvalue weighted by Crippen LogP contribution is 2.30. The average Bonchev–Trinajstić information content (AvgIpc) is 2.34. The van der Waals surface area contributed by atoms with Crippen molar-refractivity contribution in [2.75, 3.05) is 0 Å². The van der Waals surface area contributed by atoms with Gasteiger partial charge in [0.25, 0.3) is 0 Å². The van der Waals surface area contributed by atoms with E-state index in [2.05, 4.69) is 19.1 Å². The lowest BCUT2D eigenvalue weighted by molar-refractivity contribution is 0.626. The Labute approximate surface area is 105 Å². The Kier molecular flexibility index (Phi) is 3.82. The molecule has 0 radical (unpaired) electrons. The molecule has 3 heteroatoms. The largest absolute Gasteiger partial charge is 0.326 e. The summed E-state index contributed by atoms with van der Waals surface area (Å²) in [7, 11) is 0. The molecule has 0 amide bonds. The van der Waals surface area contributed by atoms with Gasteiger partial charge in [0.2, 0.25) is 0 Å². The summed E-state index contributed by atoms with van der Waals surface area (Å²) < 4.78 is 12.8. The van der Waals surface area contributed by atoms with E-state index in [1.807, 2.05) is 6.07 Å². The van der Waals surface area contributed by atoms with Crippen molar-refractivity contribution in [3.05, 3.63) is 59.4 Å². The van der Waals surface area contributed by atoms with E-state index in [0.717, 1.165) is 10.5 Å². The minimum absolute atomic E-state index is 0.204. The number of benzene rings is 2. The molecule has 2 N–H and O–H groups in total. The van der Waals surface area contributed by atoms with Crippen LogP contribution in [-0.2, 0) is 6.54 Å². The Hall–Kier alpha value is -1.32. The summed E-state index contributed by atoms with van der Waals surface area (Å²) in [5.41, 5.74) is 7.92. The van der Waals surface area contributed by atoms with Gasteiger partial charge in [-0.15, -0.1) is 0 Å². The number of rotatable bonds is 3. The molecule has 0 aliphatic carbocycles. The maximum atomic E-state index is 12.8. The third-order valence-electron chi connectivity index (χ3n) is 2.52. The van der Waals surface area contributed by atoms with Crippen LogP contribution in [0.25, 0.3) is 0 Å². The smallest absolute Gasteiger partial charge is 0.123 e. The van der Waals surface area contributed by atoms with Crippen LogP contribution in [0.5, 0.6) is 0 Å². The Balaban J connectivity index is 2.21. The summed E-state index contributed by atoms with van der Waals surface area (Å²) >= 11 is 1.63. The van der Waals surface area contributed by atoms with E-state index in [4.69, 9.17) is 5.73 Å². The fourth-order valence-electron chi connectivity index (χ4n) is 1.58. The predicted octanol–water partition coefficient (Wildman–Crippen LogP) is 3.74. The second-order valence-electron chi connectivity index (χ2n) is 3.86. The molecule has 0 bridgehead atoms. The summed E-state index contributed by atoms with van der Waals surface area (Å²) in [5, 5.41) is 0. The topological polar surface area (TPSA) is 26.0 Å². The monoisotopic (exact) mass is 247 g/mol. The predicted molar refractivity (Wildman–Crippen MR) is 69.6 cm³/mol. The van der Waals surface area contributed by atoms with Crippen LogP contribution in [0.4, 0.5) is 4.39 Å². The first-order valence-electron chi connectivity index (χ1n) is 5.42. The molecule has 17 heavy (non-hydrogen) atoms. The van der Waals surface area contributed by atoms with Gasteiger partial charge >= 0.3 is 0 Å². The van der Waals surface area contributed by atoms with Crippen molar-refractivity contribution in [1.29, 1.82) is 0 Å². The van der Waals surface area contributed by atoms with Gasteiger partial charge in [0.1, 0.15) is 5.82 Å². The third kappa shape index (κ3) is 3.08. The molecule has 0 fully saturated rings. The van der Waals surface area contributed by atoms with Gasteiger partial charge < -0.3 is 5.73 Å². The van der Waals surface area contributed by atoms with Crippen molar-refractivity contribution in [3.63, 3.8) is 0 Å². The maximum Gasteiger partial charge on any atom is 0.123 e. The van der Waals surface area contributed by atoms with Crippen molar-refractivity contribution in [2.45, 2.75) is 23.3 Å². The van der Waals surface area contributed by atoms with Gasteiger partial charge in [-0.05, 0) is 48.4 Å². The van der Waals surface area contributed by atoms with Crippen molar-refractivity contribution < 1.29 is 4.39 Å². The molecule has 0 heterocycles. The minimum Gasteiger partial charge on any atom is -0.326 e. The van der Waals surface area contributed by atoms with Gasteiger partial charge in [0.15, 0.2) is 0 Å². The summed E-state index contributed by atoms with van der Waals surface area (Å²) in [6.07, 6.45) is 0. The Morgan fingerprint density at radius 1 is 1.12 bits per heavy atom. The van der Waals surface area contributed by atoms with Crippen LogP contribution in [0.1, 0.15) is 11.1 Å². The molecule has 88 valence electrons. The summed E-state index contributed by atoms with van der Waals surface area (Å²) in [5.74, 6) is -0.204. The number of hydrogen-bond acceptors (Lipinski definition) is 2. The van der Waals surface area contributed by atoms with Gasteiger partial charge in [-0.25, -0.2) is 4.39 Å². The van der Waals surface area contributed by atoms with Crippen molar-refractivity contribution in [3.8, 4) is 0 Å². The number of hydrogen-bond donors (Lipinski definition) is 1. The minimum atomic E-state index is -0.204. The van der Waals surface area contributed by atoms with E-state index in [9.17, 15) is 4.39 Å².